The fourth-order valence-electron chi connectivity index (χ4n) is 3.39. The molecule has 1 unspecified atom stereocenters. The van der Waals surface area contributed by atoms with Crippen molar-refractivity contribution in [3.63, 3.8) is 0 Å². The maximum absolute atomic E-state index is 13.1. The van der Waals surface area contributed by atoms with Crippen LogP contribution in [-0.4, -0.2) is 41.3 Å². The molecule has 1 saturated heterocycles. The average molecular weight is 380 g/mol. The first-order valence-corrected chi connectivity index (χ1v) is 8.50. The Morgan fingerprint density at radius 2 is 1.81 bits per heavy atom. The molecule has 2 aromatic rings. The Morgan fingerprint density at radius 3 is 2.41 bits per heavy atom. The summed E-state index contributed by atoms with van der Waals surface area (Å²) in [6.07, 6.45) is -4.66. The smallest absolute Gasteiger partial charge is 0.394 e. The number of benzene rings is 2. The minimum absolute atomic E-state index is 0.435. The van der Waals surface area contributed by atoms with Crippen molar-refractivity contribution in [2.45, 2.75) is 19.1 Å². The van der Waals surface area contributed by atoms with Crippen molar-refractivity contribution < 1.29 is 27.9 Å². The van der Waals surface area contributed by atoms with Crippen LogP contribution in [0, 0.1) is 11.8 Å². The molecule has 0 aromatic heterocycles. The largest absolute Gasteiger partial charge is 0.481 e. The lowest BCUT2D eigenvalue weighted by Gasteiger charge is -2.22. The highest BCUT2D eigenvalue weighted by molar-refractivity contribution is 5.83. The summed E-state index contributed by atoms with van der Waals surface area (Å²) in [7, 11) is 0. The van der Waals surface area contributed by atoms with Crippen molar-refractivity contribution in [2.75, 3.05) is 13.1 Å². The van der Waals surface area contributed by atoms with Gasteiger partial charge in [-0.3, -0.25) is 4.79 Å². The van der Waals surface area contributed by atoms with E-state index in [9.17, 15) is 22.8 Å². The second-order valence-corrected chi connectivity index (χ2v) is 6.78. The molecule has 8 heteroatoms. The number of fused-ring (bicyclic) bond motifs is 1. The van der Waals surface area contributed by atoms with Crippen LogP contribution in [0.2, 0.25) is 0 Å². The van der Waals surface area contributed by atoms with Gasteiger partial charge in [-0.05, 0) is 29.3 Å². The summed E-state index contributed by atoms with van der Waals surface area (Å²) in [6.45, 7) is 0.612. The first kappa shape index (κ1) is 19.0. The van der Waals surface area contributed by atoms with Crippen molar-refractivity contribution in [2.24, 2.45) is 11.8 Å². The molecule has 0 spiro atoms. The Kier molecular flexibility index (Phi) is 4.99. The van der Waals surface area contributed by atoms with Gasteiger partial charge in [-0.1, -0.05) is 36.4 Å². The molecule has 0 saturated carbocycles. The topological polar surface area (TPSA) is 69.6 Å². The van der Waals surface area contributed by atoms with Crippen LogP contribution in [0.4, 0.5) is 18.0 Å². The first-order valence-electron chi connectivity index (χ1n) is 8.50. The lowest BCUT2D eigenvalue weighted by Crippen LogP contribution is -2.40. The van der Waals surface area contributed by atoms with E-state index in [0.29, 0.717) is 0 Å². The van der Waals surface area contributed by atoms with Gasteiger partial charge in [0.05, 0.1) is 17.9 Å². The van der Waals surface area contributed by atoms with E-state index in [0.717, 1.165) is 21.2 Å². The number of rotatable bonds is 3. The van der Waals surface area contributed by atoms with Gasteiger partial charge in [0.25, 0.3) is 0 Å². The number of carboxylic acid groups (broad SMARTS) is 1. The summed E-state index contributed by atoms with van der Waals surface area (Å²) in [5.41, 5.74) is 0.809. The molecule has 1 aliphatic heterocycles. The predicted molar refractivity (Wildman–Crippen MR) is 93.1 cm³/mol. The number of amides is 2. The van der Waals surface area contributed by atoms with E-state index in [1.54, 1.807) is 6.92 Å². The molecule has 0 radical (unpaired) electrons. The molecule has 3 atom stereocenters. The molecule has 27 heavy (non-hydrogen) atoms. The first-order chi connectivity index (χ1) is 12.7. The number of alkyl halides is 3. The predicted octanol–water partition coefficient (Wildman–Crippen LogP) is 3.81. The number of likely N-dealkylation sites (tertiary alicyclic amines) is 1. The van der Waals surface area contributed by atoms with E-state index in [1.165, 1.54) is 0 Å². The highest BCUT2D eigenvalue weighted by Crippen LogP contribution is 2.37. The SMILES string of the molecule is CC(NC(=O)N1C[C@@H](C(F)(F)F)[C@H](C(=O)O)C1)c1ccc2ccccc2c1. The summed E-state index contributed by atoms with van der Waals surface area (Å²) < 4.78 is 39.2. The number of nitrogens with zero attached hydrogens (tertiary/aromatic N) is 1. The zero-order valence-corrected chi connectivity index (χ0v) is 14.5. The lowest BCUT2D eigenvalue weighted by molar-refractivity contribution is -0.187. The molecule has 1 aliphatic rings. The van der Waals surface area contributed by atoms with Gasteiger partial charge in [0.15, 0.2) is 0 Å². The van der Waals surface area contributed by atoms with Crippen LogP contribution in [0.1, 0.15) is 18.5 Å². The molecular formula is C19H19F3N2O3. The normalized spacial score (nSPS) is 21.3. The van der Waals surface area contributed by atoms with E-state index in [-0.39, 0.29) is 0 Å². The van der Waals surface area contributed by atoms with E-state index < -0.39 is 49.1 Å². The molecule has 2 N–H and O–H groups in total. The van der Waals surface area contributed by atoms with E-state index in [4.69, 9.17) is 5.11 Å². The van der Waals surface area contributed by atoms with Gasteiger partial charge in [-0.25, -0.2) is 4.79 Å². The number of halogens is 3. The standard InChI is InChI=1S/C19H19F3N2O3/c1-11(13-7-6-12-4-2-3-5-14(12)8-13)23-18(27)24-9-15(17(25)26)16(10-24)19(20,21)22/h2-8,11,15-16H,9-10H2,1H3,(H,23,27)(H,25,26)/t11?,15-,16-/m1/s1. The molecular weight excluding hydrogens is 361 g/mol. The molecule has 5 nitrogen and oxygen atoms in total. The molecule has 1 fully saturated rings. The summed E-state index contributed by atoms with van der Waals surface area (Å²) in [5, 5.41) is 13.7. The Bertz CT molecular complexity index is 869. The number of urea groups is 1. The average Bonchev–Trinajstić information content (AvgIpc) is 3.07. The highest BCUT2D eigenvalue weighted by atomic mass is 19.4. The van der Waals surface area contributed by atoms with Gasteiger partial charge in [-0.2, -0.15) is 13.2 Å². The molecule has 0 bridgehead atoms. The van der Waals surface area contributed by atoms with Crippen molar-refractivity contribution >= 4 is 22.8 Å². The number of carbonyl (C=O) groups is 2. The third-order valence-electron chi connectivity index (χ3n) is 4.96. The number of hydrogen-bond donors (Lipinski definition) is 2. The summed E-state index contributed by atoms with van der Waals surface area (Å²) in [4.78, 5) is 24.4. The van der Waals surface area contributed by atoms with Crippen molar-refractivity contribution in [3.8, 4) is 0 Å². The van der Waals surface area contributed by atoms with Gasteiger partial charge in [0.2, 0.25) is 0 Å². The lowest BCUT2D eigenvalue weighted by atomic mass is 9.96. The summed E-state index contributed by atoms with van der Waals surface area (Å²) in [6, 6.07) is 12.2. The van der Waals surface area contributed by atoms with Gasteiger partial charge in [0.1, 0.15) is 0 Å². The zero-order valence-electron chi connectivity index (χ0n) is 14.5. The molecule has 3 rings (SSSR count). The Labute approximate surface area is 153 Å². The quantitative estimate of drug-likeness (QED) is 0.851. The van der Waals surface area contributed by atoms with Crippen LogP contribution >= 0.6 is 0 Å². The second-order valence-electron chi connectivity index (χ2n) is 6.78. The Hall–Kier alpha value is -2.77. The maximum atomic E-state index is 13.1. The third-order valence-corrected chi connectivity index (χ3v) is 4.96. The summed E-state index contributed by atoms with van der Waals surface area (Å²) in [5.74, 6) is -5.25. The molecule has 0 aliphatic carbocycles. The molecule has 1 heterocycles. The van der Waals surface area contributed by atoms with E-state index >= 15 is 0 Å². The molecule has 2 amide bonds. The van der Waals surface area contributed by atoms with Crippen molar-refractivity contribution in [1.29, 1.82) is 0 Å². The highest BCUT2D eigenvalue weighted by Gasteiger charge is 2.53. The van der Waals surface area contributed by atoms with Gasteiger partial charge < -0.3 is 15.3 Å². The third kappa shape index (κ3) is 3.99. The number of carbonyl (C=O) groups excluding carboxylic acids is 1. The van der Waals surface area contributed by atoms with Crippen LogP contribution in [-0.2, 0) is 4.79 Å². The van der Waals surface area contributed by atoms with Crippen LogP contribution < -0.4 is 5.32 Å². The summed E-state index contributed by atoms with van der Waals surface area (Å²) >= 11 is 0. The van der Waals surface area contributed by atoms with Crippen molar-refractivity contribution in [1.82, 2.24) is 10.2 Å². The second kappa shape index (κ2) is 7.09. The molecule has 144 valence electrons. The van der Waals surface area contributed by atoms with Crippen LogP contribution in [0.5, 0.6) is 0 Å². The van der Waals surface area contributed by atoms with Gasteiger partial charge in [0, 0.05) is 13.1 Å². The zero-order chi connectivity index (χ0) is 19.8. The Balaban J connectivity index is 1.71. The minimum atomic E-state index is -4.66. The fraction of sp³-hybridized carbons (Fsp3) is 0.368. The number of carboxylic acids is 1. The van der Waals surface area contributed by atoms with Crippen LogP contribution in [0.25, 0.3) is 10.8 Å². The maximum Gasteiger partial charge on any atom is 0.394 e. The number of nitrogens with one attached hydrogen (secondary N) is 1. The minimum Gasteiger partial charge on any atom is -0.481 e. The van der Waals surface area contributed by atoms with Gasteiger partial charge in [-0.15, -0.1) is 0 Å². The molecule has 2 aromatic carbocycles. The number of hydrogen-bond acceptors (Lipinski definition) is 2. The van der Waals surface area contributed by atoms with Crippen LogP contribution in [0.15, 0.2) is 42.5 Å². The van der Waals surface area contributed by atoms with Crippen molar-refractivity contribution in [3.05, 3.63) is 48.0 Å². The van der Waals surface area contributed by atoms with Gasteiger partial charge >= 0.3 is 18.2 Å². The number of aliphatic carboxylic acids is 1. The van der Waals surface area contributed by atoms with E-state index in [2.05, 4.69) is 5.32 Å². The monoisotopic (exact) mass is 380 g/mol. The fourth-order valence-corrected chi connectivity index (χ4v) is 3.39. The van der Waals surface area contributed by atoms with E-state index in [1.807, 2.05) is 42.5 Å². The Morgan fingerprint density at radius 1 is 1.15 bits per heavy atom. The van der Waals surface area contributed by atoms with Crippen LogP contribution in [0.3, 0.4) is 0 Å².